The maximum atomic E-state index is 5.92. The smallest absolute Gasteiger partial charge is 0.215 e. The molecule has 1 aromatic carbocycles. The second kappa shape index (κ2) is 3.47. The van der Waals surface area contributed by atoms with Crippen molar-refractivity contribution in [1.82, 2.24) is 10.3 Å². The van der Waals surface area contributed by atoms with Gasteiger partial charge in [-0.2, -0.15) is 0 Å². The van der Waals surface area contributed by atoms with Crippen molar-refractivity contribution in [2.75, 3.05) is 6.54 Å². The van der Waals surface area contributed by atoms with E-state index in [0.717, 1.165) is 36.4 Å². The lowest BCUT2D eigenvalue weighted by molar-refractivity contribution is 0.330. The molecule has 0 aliphatic carbocycles. The Bertz CT molecular complexity index is 529. The Kier molecular flexibility index (Phi) is 2.19. The molecular weight excluding hydrogens is 224 g/mol. The highest BCUT2D eigenvalue weighted by Crippen LogP contribution is 2.32. The second-order valence-electron chi connectivity index (χ2n) is 4.49. The van der Waals surface area contributed by atoms with Crippen molar-refractivity contribution in [3.63, 3.8) is 0 Å². The summed E-state index contributed by atoms with van der Waals surface area (Å²) in [6.07, 6.45) is 2.23. The Hall–Kier alpha value is -1.06. The van der Waals surface area contributed by atoms with Crippen molar-refractivity contribution in [2.24, 2.45) is 0 Å². The zero-order valence-electron chi connectivity index (χ0n) is 9.09. The number of benzene rings is 1. The Morgan fingerprint density at radius 1 is 1.50 bits per heavy atom. The number of rotatable bonds is 1. The number of hydrogen-bond acceptors (Lipinski definition) is 3. The van der Waals surface area contributed by atoms with Gasteiger partial charge in [-0.1, -0.05) is 11.6 Å². The number of halogens is 1. The molecule has 0 bridgehead atoms. The maximum absolute atomic E-state index is 5.92. The lowest BCUT2D eigenvalue weighted by atomic mass is 10.0. The van der Waals surface area contributed by atoms with Gasteiger partial charge >= 0.3 is 0 Å². The molecule has 1 fully saturated rings. The van der Waals surface area contributed by atoms with Crippen LogP contribution in [0.3, 0.4) is 0 Å². The van der Waals surface area contributed by atoms with Crippen molar-refractivity contribution >= 4 is 22.7 Å². The quantitative estimate of drug-likeness (QED) is 0.827. The summed E-state index contributed by atoms with van der Waals surface area (Å²) >= 11 is 5.92. The minimum Gasteiger partial charge on any atom is -0.439 e. The van der Waals surface area contributed by atoms with Crippen LogP contribution in [0.25, 0.3) is 11.1 Å². The van der Waals surface area contributed by atoms with E-state index in [0.29, 0.717) is 5.02 Å². The summed E-state index contributed by atoms with van der Waals surface area (Å²) in [6.45, 7) is 3.16. The van der Waals surface area contributed by atoms with E-state index in [4.69, 9.17) is 16.0 Å². The van der Waals surface area contributed by atoms with Crippen LogP contribution in [-0.4, -0.2) is 11.5 Å². The average Bonchev–Trinajstić information content (AvgIpc) is 2.84. The molecule has 2 aromatic rings. The normalized spacial score (nSPS) is 25.4. The van der Waals surface area contributed by atoms with E-state index >= 15 is 0 Å². The Morgan fingerprint density at radius 3 is 3.12 bits per heavy atom. The molecule has 4 heteroatoms. The van der Waals surface area contributed by atoms with Crippen LogP contribution in [0.4, 0.5) is 0 Å². The molecule has 3 rings (SSSR count). The Balaban J connectivity index is 2.11. The number of aromatic nitrogens is 1. The maximum Gasteiger partial charge on any atom is 0.215 e. The number of nitrogens with one attached hydrogen (secondary N) is 1. The van der Waals surface area contributed by atoms with E-state index in [2.05, 4.69) is 17.2 Å². The van der Waals surface area contributed by atoms with Gasteiger partial charge in [-0.05, 0) is 38.4 Å². The van der Waals surface area contributed by atoms with Crippen LogP contribution >= 0.6 is 11.6 Å². The fraction of sp³-hybridized carbons (Fsp3) is 0.417. The van der Waals surface area contributed by atoms with E-state index in [1.165, 1.54) is 0 Å². The van der Waals surface area contributed by atoms with Gasteiger partial charge in [0, 0.05) is 11.1 Å². The van der Waals surface area contributed by atoms with E-state index in [9.17, 15) is 0 Å². The molecule has 0 radical (unpaired) electrons. The second-order valence-corrected chi connectivity index (χ2v) is 4.93. The van der Waals surface area contributed by atoms with Gasteiger partial charge in [0.05, 0.1) is 5.54 Å². The van der Waals surface area contributed by atoms with Gasteiger partial charge in [-0.15, -0.1) is 0 Å². The summed E-state index contributed by atoms with van der Waals surface area (Å²) < 4.78 is 5.78. The Morgan fingerprint density at radius 2 is 2.38 bits per heavy atom. The molecule has 1 aromatic heterocycles. The van der Waals surface area contributed by atoms with Crippen molar-refractivity contribution in [1.29, 1.82) is 0 Å². The lowest BCUT2D eigenvalue weighted by Gasteiger charge is -2.19. The topological polar surface area (TPSA) is 38.1 Å². The number of oxazole rings is 1. The minimum absolute atomic E-state index is 0.120. The van der Waals surface area contributed by atoms with Crippen LogP contribution in [-0.2, 0) is 5.54 Å². The van der Waals surface area contributed by atoms with E-state index in [-0.39, 0.29) is 5.54 Å². The van der Waals surface area contributed by atoms with Gasteiger partial charge in [-0.3, -0.25) is 0 Å². The third-order valence-corrected chi connectivity index (χ3v) is 3.43. The fourth-order valence-electron chi connectivity index (χ4n) is 2.21. The van der Waals surface area contributed by atoms with Gasteiger partial charge in [0.15, 0.2) is 5.58 Å². The number of fused-ring (bicyclic) bond motifs is 1. The highest BCUT2D eigenvalue weighted by Gasteiger charge is 2.34. The molecule has 16 heavy (non-hydrogen) atoms. The van der Waals surface area contributed by atoms with Gasteiger partial charge < -0.3 is 9.73 Å². The SMILES string of the molecule is CC1(c2nc3ccc(Cl)cc3o2)CCCN1. The van der Waals surface area contributed by atoms with Crippen LogP contribution in [0.2, 0.25) is 5.02 Å². The molecule has 0 saturated carbocycles. The Labute approximate surface area is 98.8 Å². The van der Waals surface area contributed by atoms with Crippen LogP contribution in [0.1, 0.15) is 25.7 Å². The standard InChI is InChI=1S/C12H13ClN2O/c1-12(5-2-6-14-12)11-15-9-4-3-8(13)7-10(9)16-11/h3-4,7,14H,2,5-6H2,1H3. The first-order valence-corrected chi connectivity index (χ1v) is 5.87. The molecule has 0 amide bonds. The number of hydrogen-bond donors (Lipinski definition) is 1. The molecule has 1 unspecified atom stereocenters. The number of nitrogens with zero attached hydrogens (tertiary/aromatic N) is 1. The monoisotopic (exact) mass is 236 g/mol. The molecule has 84 valence electrons. The molecule has 1 N–H and O–H groups in total. The lowest BCUT2D eigenvalue weighted by Crippen LogP contribution is -2.33. The van der Waals surface area contributed by atoms with E-state index < -0.39 is 0 Å². The van der Waals surface area contributed by atoms with Crippen molar-refractivity contribution in [2.45, 2.75) is 25.3 Å². The largest absolute Gasteiger partial charge is 0.439 e. The summed E-state index contributed by atoms with van der Waals surface area (Å²) in [5.41, 5.74) is 1.51. The van der Waals surface area contributed by atoms with Gasteiger partial charge in [-0.25, -0.2) is 4.98 Å². The molecule has 1 saturated heterocycles. The molecule has 0 spiro atoms. The zero-order chi connectivity index (χ0) is 11.2. The molecule has 3 nitrogen and oxygen atoms in total. The summed E-state index contributed by atoms with van der Waals surface area (Å²) in [7, 11) is 0. The molecule has 1 aliphatic rings. The first kappa shape index (κ1) is 10.1. The third kappa shape index (κ3) is 1.51. The van der Waals surface area contributed by atoms with E-state index in [1.807, 2.05) is 18.2 Å². The molecule has 1 aliphatic heterocycles. The van der Waals surface area contributed by atoms with Crippen LogP contribution in [0.15, 0.2) is 22.6 Å². The van der Waals surface area contributed by atoms with Crippen molar-refractivity contribution < 1.29 is 4.42 Å². The molecule has 1 atom stereocenters. The summed E-state index contributed by atoms with van der Waals surface area (Å²) in [4.78, 5) is 4.52. The van der Waals surface area contributed by atoms with Crippen LogP contribution in [0.5, 0.6) is 0 Å². The predicted molar refractivity (Wildman–Crippen MR) is 63.6 cm³/mol. The zero-order valence-corrected chi connectivity index (χ0v) is 9.84. The first-order valence-electron chi connectivity index (χ1n) is 5.49. The van der Waals surface area contributed by atoms with Gasteiger partial charge in [0.1, 0.15) is 5.52 Å². The molecular formula is C12H13ClN2O. The summed E-state index contributed by atoms with van der Waals surface area (Å²) in [5, 5.41) is 4.12. The summed E-state index contributed by atoms with van der Waals surface area (Å²) in [5.74, 6) is 0.766. The van der Waals surface area contributed by atoms with Gasteiger partial charge in [0.2, 0.25) is 5.89 Å². The first-order chi connectivity index (χ1) is 7.67. The van der Waals surface area contributed by atoms with Gasteiger partial charge in [0.25, 0.3) is 0 Å². The summed E-state index contributed by atoms with van der Waals surface area (Å²) in [6, 6.07) is 5.54. The van der Waals surface area contributed by atoms with Crippen LogP contribution < -0.4 is 5.32 Å². The highest BCUT2D eigenvalue weighted by atomic mass is 35.5. The average molecular weight is 237 g/mol. The molecule has 2 heterocycles. The van der Waals surface area contributed by atoms with E-state index in [1.54, 1.807) is 0 Å². The van der Waals surface area contributed by atoms with Crippen molar-refractivity contribution in [3.05, 3.63) is 29.1 Å². The third-order valence-electron chi connectivity index (χ3n) is 3.19. The fourth-order valence-corrected chi connectivity index (χ4v) is 2.37. The predicted octanol–water partition coefficient (Wildman–Crippen LogP) is 3.08. The minimum atomic E-state index is -0.120. The highest BCUT2D eigenvalue weighted by molar-refractivity contribution is 6.31. The van der Waals surface area contributed by atoms with Crippen LogP contribution in [0, 0.1) is 0 Å². The van der Waals surface area contributed by atoms with Crippen molar-refractivity contribution in [3.8, 4) is 0 Å².